The standard InChI is InChI=1S/C18H20F2N6O/c19-17(20)26-7-6-22-16(26)12-24-8-10-25(11-9-24)18(27)23-15-3-1-2-14-13(15)4-5-21-14/h1-7,17,21H,8-12H2,(H,23,27). The molecule has 1 aromatic carbocycles. The number of hydrogen-bond acceptors (Lipinski definition) is 3. The van der Waals surface area contributed by atoms with Gasteiger partial charge in [0, 0.05) is 55.7 Å². The number of aromatic amines is 1. The first kappa shape index (κ1) is 17.5. The highest BCUT2D eigenvalue weighted by molar-refractivity contribution is 6.00. The van der Waals surface area contributed by atoms with Gasteiger partial charge in [-0.1, -0.05) is 6.07 Å². The molecule has 4 rings (SSSR count). The van der Waals surface area contributed by atoms with Gasteiger partial charge in [0.25, 0.3) is 0 Å². The van der Waals surface area contributed by atoms with Crippen molar-refractivity contribution in [2.45, 2.75) is 13.1 Å². The molecule has 0 bridgehead atoms. The molecule has 1 aliphatic rings. The molecule has 1 saturated heterocycles. The minimum atomic E-state index is -2.59. The van der Waals surface area contributed by atoms with Crippen molar-refractivity contribution in [3.8, 4) is 0 Å². The van der Waals surface area contributed by atoms with Crippen LogP contribution in [0.3, 0.4) is 0 Å². The SMILES string of the molecule is O=C(Nc1cccc2[nH]ccc12)N1CCN(Cc2nccn2C(F)F)CC1. The minimum absolute atomic E-state index is 0.155. The monoisotopic (exact) mass is 374 g/mol. The predicted molar refractivity (Wildman–Crippen MR) is 97.6 cm³/mol. The van der Waals surface area contributed by atoms with Crippen LogP contribution < -0.4 is 5.32 Å². The van der Waals surface area contributed by atoms with Gasteiger partial charge in [-0.3, -0.25) is 9.47 Å². The van der Waals surface area contributed by atoms with E-state index in [0.717, 1.165) is 21.2 Å². The summed E-state index contributed by atoms with van der Waals surface area (Å²) >= 11 is 0. The lowest BCUT2D eigenvalue weighted by Gasteiger charge is -2.34. The number of rotatable bonds is 4. The Balaban J connectivity index is 1.34. The number of amides is 2. The topological polar surface area (TPSA) is 69.2 Å². The largest absolute Gasteiger partial charge is 0.361 e. The zero-order valence-corrected chi connectivity index (χ0v) is 14.6. The van der Waals surface area contributed by atoms with E-state index in [0.29, 0.717) is 38.5 Å². The summed E-state index contributed by atoms with van der Waals surface area (Å²) < 4.78 is 26.7. The number of fused-ring (bicyclic) bond motifs is 1. The highest BCUT2D eigenvalue weighted by Crippen LogP contribution is 2.22. The van der Waals surface area contributed by atoms with E-state index in [-0.39, 0.29) is 6.03 Å². The summed E-state index contributed by atoms with van der Waals surface area (Å²) in [5, 5.41) is 3.92. The van der Waals surface area contributed by atoms with Crippen LogP contribution in [-0.4, -0.2) is 56.5 Å². The summed E-state index contributed by atoms with van der Waals surface area (Å²) in [7, 11) is 0. The smallest absolute Gasteiger partial charge is 0.321 e. The van der Waals surface area contributed by atoms with Crippen molar-refractivity contribution >= 4 is 22.6 Å². The molecular weight excluding hydrogens is 354 g/mol. The second kappa shape index (κ2) is 7.36. The quantitative estimate of drug-likeness (QED) is 0.737. The Bertz CT molecular complexity index is 929. The molecular formula is C18H20F2N6O. The molecule has 7 nitrogen and oxygen atoms in total. The lowest BCUT2D eigenvalue weighted by Crippen LogP contribution is -2.49. The van der Waals surface area contributed by atoms with E-state index >= 15 is 0 Å². The Morgan fingerprint density at radius 3 is 2.81 bits per heavy atom. The normalized spacial score (nSPS) is 15.6. The Hall–Kier alpha value is -2.94. The van der Waals surface area contributed by atoms with E-state index < -0.39 is 6.55 Å². The number of aromatic nitrogens is 3. The number of piperazine rings is 1. The molecule has 2 amide bonds. The van der Waals surface area contributed by atoms with Crippen molar-refractivity contribution < 1.29 is 13.6 Å². The average Bonchev–Trinajstić information content (AvgIpc) is 3.32. The van der Waals surface area contributed by atoms with Crippen LogP contribution in [0.5, 0.6) is 0 Å². The van der Waals surface area contributed by atoms with E-state index in [2.05, 4.69) is 15.3 Å². The Kier molecular flexibility index (Phi) is 4.76. The van der Waals surface area contributed by atoms with Gasteiger partial charge in [0.15, 0.2) is 0 Å². The molecule has 142 valence electrons. The Morgan fingerprint density at radius 2 is 2.04 bits per heavy atom. The van der Waals surface area contributed by atoms with Crippen LogP contribution in [0, 0.1) is 0 Å². The van der Waals surface area contributed by atoms with Gasteiger partial charge >= 0.3 is 12.6 Å². The number of anilines is 1. The molecule has 2 aromatic heterocycles. The summed E-state index contributed by atoms with van der Waals surface area (Å²) in [6.45, 7) is 0.0329. The third-order valence-corrected chi connectivity index (χ3v) is 4.82. The molecule has 0 unspecified atom stereocenters. The highest BCUT2D eigenvalue weighted by atomic mass is 19.3. The Morgan fingerprint density at radius 1 is 1.22 bits per heavy atom. The van der Waals surface area contributed by atoms with Gasteiger partial charge in [-0.05, 0) is 18.2 Å². The molecule has 0 aliphatic carbocycles. The summed E-state index contributed by atoms with van der Waals surface area (Å²) in [6, 6.07) is 7.48. The number of imidazole rings is 1. The lowest BCUT2D eigenvalue weighted by molar-refractivity contribution is 0.0620. The van der Waals surface area contributed by atoms with Crippen LogP contribution in [0.4, 0.5) is 19.3 Å². The molecule has 9 heteroatoms. The van der Waals surface area contributed by atoms with E-state index in [1.165, 1.54) is 12.4 Å². The fraction of sp³-hybridized carbons (Fsp3) is 0.333. The van der Waals surface area contributed by atoms with Crippen molar-refractivity contribution in [2.75, 3.05) is 31.5 Å². The van der Waals surface area contributed by atoms with Crippen molar-refractivity contribution in [3.05, 3.63) is 48.7 Å². The van der Waals surface area contributed by atoms with Crippen LogP contribution in [0.1, 0.15) is 12.4 Å². The number of halogens is 2. The second-order valence-electron chi connectivity index (χ2n) is 6.47. The third kappa shape index (κ3) is 3.63. The molecule has 0 spiro atoms. The molecule has 27 heavy (non-hydrogen) atoms. The predicted octanol–water partition coefficient (Wildman–Crippen LogP) is 3.11. The molecule has 3 heterocycles. The molecule has 1 fully saturated rings. The number of urea groups is 1. The summed E-state index contributed by atoms with van der Waals surface area (Å²) in [4.78, 5) is 23.5. The Labute approximate surface area is 154 Å². The molecule has 0 radical (unpaired) electrons. The minimum Gasteiger partial charge on any atom is -0.361 e. The molecule has 2 N–H and O–H groups in total. The van der Waals surface area contributed by atoms with Gasteiger partial charge in [-0.25, -0.2) is 9.78 Å². The molecule has 1 aliphatic heterocycles. The van der Waals surface area contributed by atoms with Gasteiger partial charge < -0.3 is 15.2 Å². The van der Waals surface area contributed by atoms with Gasteiger partial charge in [-0.15, -0.1) is 0 Å². The first-order valence-corrected chi connectivity index (χ1v) is 8.76. The van der Waals surface area contributed by atoms with Gasteiger partial charge in [0.05, 0.1) is 12.2 Å². The molecule has 0 saturated carbocycles. The van der Waals surface area contributed by atoms with Crippen LogP contribution in [0.15, 0.2) is 42.9 Å². The number of benzene rings is 1. The van der Waals surface area contributed by atoms with Gasteiger partial charge in [0.2, 0.25) is 0 Å². The number of nitrogens with one attached hydrogen (secondary N) is 2. The number of alkyl halides is 2. The number of nitrogens with zero attached hydrogens (tertiary/aromatic N) is 4. The fourth-order valence-electron chi connectivity index (χ4n) is 3.34. The third-order valence-electron chi connectivity index (χ3n) is 4.82. The lowest BCUT2D eigenvalue weighted by atomic mass is 10.2. The second-order valence-corrected chi connectivity index (χ2v) is 6.47. The van der Waals surface area contributed by atoms with E-state index in [1.54, 1.807) is 4.90 Å². The zero-order valence-electron chi connectivity index (χ0n) is 14.6. The van der Waals surface area contributed by atoms with E-state index in [9.17, 15) is 13.6 Å². The van der Waals surface area contributed by atoms with Crippen molar-refractivity contribution in [3.63, 3.8) is 0 Å². The van der Waals surface area contributed by atoms with Gasteiger partial charge in [-0.2, -0.15) is 8.78 Å². The summed E-state index contributed by atoms with van der Waals surface area (Å²) in [6.07, 6.45) is 4.50. The van der Waals surface area contributed by atoms with Crippen LogP contribution in [-0.2, 0) is 6.54 Å². The van der Waals surface area contributed by atoms with Crippen LogP contribution in [0.25, 0.3) is 10.9 Å². The maximum absolute atomic E-state index is 12.9. The van der Waals surface area contributed by atoms with E-state index in [1.807, 2.05) is 35.4 Å². The number of carbonyl (C=O) groups excluding carboxylic acids is 1. The number of hydrogen-bond donors (Lipinski definition) is 2. The summed E-state index contributed by atoms with van der Waals surface area (Å²) in [5.74, 6) is 0.335. The van der Waals surface area contributed by atoms with Crippen molar-refractivity contribution in [1.82, 2.24) is 24.3 Å². The first-order chi connectivity index (χ1) is 13.1. The van der Waals surface area contributed by atoms with Crippen LogP contribution in [0.2, 0.25) is 0 Å². The average molecular weight is 374 g/mol. The zero-order chi connectivity index (χ0) is 18.8. The fourth-order valence-corrected chi connectivity index (χ4v) is 3.34. The highest BCUT2D eigenvalue weighted by Gasteiger charge is 2.23. The maximum Gasteiger partial charge on any atom is 0.321 e. The van der Waals surface area contributed by atoms with Crippen molar-refractivity contribution in [2.24, 2.45) is 0 Å². The maximum atomic E-state index is 12.9. The summed E-state index contributed by atoms with van der Waals surface area (Å²) in [5.41, 5.74) is 1.73. The first-order valence-electron chi connectivity index (χ1n) is 8.76. The van der Waals surface area contributed by atoms with Gasteiger partial charge in [0.1, 0.15) is 5.82 Å². The number of H-pyrrole nitrogens is 1. The molecule has 0 atom stereocenters. The van der Waals surface area contributed by atoms with E-state index in [4.69, 9.17) is 0 Å². The van der Waals surface area contributed by atoms with Crippen LogP contribution >= 0.6 is 0 Å². The number of carbonyl (C=O) groups is 1. The van der Waals surface area contributed by atoms with Crippen molar-refractivity contribution in [1.29, 1.82) is 0 Å². The molecule has 3 aromatic rings.